The fraction of sp³-hybridized carbons (Fsp3) is 1.00. The van der Waals surface area contributed by atoms with Crippen LogP contribution >= 0.6 is 11.6 Å². The number of rotatable bonds is 5. The third kappa shape index (κ3) is 4.84. The van der Waals surface area contributed by atoms with Gasteiger partial charge >= 0.3 is 0 Å². The summed E-state index contributed by atoms with van der Waals surface area (Å²) in [4.78, 5) is 0. The molecule has 0 radical (unpaired) electrons. The molecule has 1 heterocycles. The third-order valence-electron chi connectivity index (χ3n) is 2.41. The largest absolute Gasteiger partial charge is 0.374 e. The van der Waals surface area contributed by atoms with Crippen LogP contribution in [-0.2, 0) is 4.74 Å². The molecule has 2 nitrogen and oxygen atoms in total. The van der Waals surface area contributed by atoms with Crippen LogP contribution in [0.4, 0.5) is 0 Å². The predicted molar refractivity (Wildman–Crippen MR) is 56.4 cm³/mol. The second kappa shape index (κ2) is 5.84. The standard InChI is InChI=1S/C10H20ClNO/c1-8(11)5-6-12-7-10-4-3-9(2)13-10/h8-10,12H,3-7H2,1-2H3. The zero-order chi connectivity index (χ0) is 9.68. The molecule has 1 aliphatic rings. The summed E-state index contributed by atoms with van der Waals surface area (Å²) in [6.07, 6.45) is 4.33. The Morgan fingerprint density at radius 1 is 1.54 bits per heavy atom. The average Bonchev–Trinajstić information content (AvgIpc) is 2.45. The summed E-state index contributed by atoms with van der Waals surface area (Å²) < 4.78 is 5.67. The molecule has 0 saturated carbocycles. The minimum Gasteiger partial charge on any atom is -0.374 e. The van der Waals surface area contributed by atoms with Crippen molar-refractivity contribution in [3.63, 3.8) is 0 Å². The fourth-order valence-corrected chi connectivity index (χ4v) is 1.71. The molecule has 0 aromatic carbocycles. The van der Waals surface area contributed by atoms with E-state index in [1.54, 1.807) is 0 Å². The molecular weight excluding hydrogens is 186 g/mol. The van der Waals surface area contributed by atoms with Gasteiger partial charge in [-0.25, -0.2) is 0 Å². The highest BCUT2D eigenvalue weighted by molar-refractivity contribution is 6.20. The van der Waals surface area contributed by atoms with E-state index < -0.39 is 0 Å². The summed E-state index contributed by atoms with van der Waals surface area (Å²) in [7, 11) is 0. The van der Waals surface area contributed by atoms with Crippen LogP contribution in [0.25, 0.3) is 0 Å². The molecule has 0 aromatic rings. The maximum atomic E-state index is 5.83. The molecule has 1 saturated heterocycles. The Balaban J connectivity index is 1.94. The van der Waals surface area contributed by atoms with Crippen LogP contribution in [-0.4, -0.2) is 30.7 Å². The van der Waals surface area contributed by atoms with Gasteiger partial charge in [0.25, 0.3) is 0 Å². The number of hydrogen-bond acceptors (Lipinski definition) is 2. The first-order chi connectivity index (χ1) is 6.18. The molecule has 1 fully saturated rings. The van der Waals surface area contributed by atoms with E-state index >= 15 is 0 Å². The van der Waals surface area contributed by atoms with E-state index in [0.717, 1.165) is 19.5 Å². The van der Waals surface area contributed by atoms with Gasteiger partial charge in [-0.2, -0.15) is 0 Å². The summed E-state index contributed by atoms with van der Waals surface area (Å²) in [5.41, 5.74) is 0. The highest BCUT2D eigenvalue weighted by atomic mass is 35.5. The zero-order valence-corrected chi connectivity index (χ0v) is 9.31. The minimum absolute atomic E-state index is 0.274. The van der Waals surface area contributed by atoms with E-state index in [-0.39, 0.29) is 5.38 Å². The SMILES string of the molecule is CC(Cl)CCNCC1CCC(C)O1. The van der Waals surface area contributed by atoms with Crippen molar-refractivity contribution in [1.29, 1.82) is 0 Å². The van der Waals surface area contributed by atoms with Crippen molar-refractivity contribution >= 4 is 11.6 Å². The Labute approximate surface area is 86.0 Å². The number of halogens is 1. The summed E-state index contributed by atoms with van der Waals surface area (Å²) in [6.45, 7) is 6.14. The van der Waals surface area contributed by atoms with Gasteiger partial charge in [-0.15, -0.1) is 11.6 Å². The molecule has 1 aliphatic heterocycles. The molecule has 1 N–H and O–H groups in total. The fourth-order valence-electron chi connectivity index (χ4n) is 1.60. The lowest BCUT2D eigenvalue weighted by atomic mass is 10.2. The molecule has 3 atom stereocenters. The normalized spacial score (nSPS) is 30.7. The topological polar surface area (TPSA) is 21.3 Å². The lowest BCUT2D eigenvalue weighted by Gasteiger charge is -2.12. The van der Waals surface area contributed by atoms with Crippen molar-refractivity contribution in [3.8, 4) is 0 Å². The predicted octanol–water partition coefficient (Wildman–Crippen LogP) is 2.16. The lowest BCUT2D eigenvalue weighted by Crippen LogP contribution is -2.28. The van der Waals surface area contributed by atoms with E-state index in [9.17, 15) is 0 Å². The Bertz CT molecular complexity index is 141. The molecule has 3 unspecified atom stereocenters. The quantitative estimate of drug-likeness (QED) is 0.549. The van der Waals surface area contributed by atoms with Crippen LogP contribution < -0.4 is 5.32 Å². The van der Waals surface area contributed by atoms with Crippen LogP contribution in [0.5, 0.6) is 0 Å². The number of hydrogen-bond donors (Lipinski definition) is 1. The van der Waals surface area contributed by atoms with Gasteiger partial charge in [-0.3, -0.25) is 0 Å². The van der Waals surface area contributed by atoms with Gasteiger partial charge in [0.1, 0.15) is 0 Å². The van der Waals surface area contributed by atoms with Gasteiger partial charge in [-0.05, 0) is 39.7 Å². The van der Waals surface area contributed by atoms with Gasteiger partial charge < -0.3 is 10.1 Å². The van der Waals surface area contributed by atoms with Crippen molar-refractivity contribution in [1.82, 2.24) is 5.32 Å². The molecular formula is C10H20ClNO. The Morgan fingerprint density at radius 3 is 2.85 bits per heavy atom. The summed E-state index contributed by atoms with van der Waals surface area (Å²) >= 11 is 5.83. The molecule has 0 aromatic heterocycles. The van der Waals surface area contributed by atoms with Crippen LogP contribution in [0.3, 0.4) is 0 Å². The Kier molecular flexibility index (Phi) is 5.07. The van der Waals surface area contributed by atoms with Crippen molar-refractivity contribution in [2.75, 3.05) is 13.1 Å². The smallest absolute Gasteiger partial charge is 0.0704 e. The second-order valence-electron chi connectivity index (χ2n) is 3.92. The first kappa shape index (κ1) is 11.3. The number of alkyl halides is 1. The molecule has 0 amide bonds. The van der Waals surface area contributed by atoms with Crippen LogP contribution in [0, 0.1) is 0 Å². The van der Waals surface area contributed by atoms with Gasteiger partial charge in [0, 0.05) is 11.9 Å². The maximum absolute atomic E-state index is 5.83. The molecule has 78 valence electrons. The maximum Gasteiger partial charge on any atom is 0.0704 e. The van der Waals surface area contributed by atoms with Crippen LogP contribution in [0.15, 0.2) is 0 Å². The lowest BCUT2D eigenvalue weighted by molar-refractivity contribution is 0.0561. The van der Waals surface area contributed by atoms with Crippen LogP contribution in [0.2, 0.25) is 0 Å². The molecule has 0 spiro atoms. The van der Waals surface area contributed by atoms with E-state index in [1.807, 2.05) is 6.92 Å². The average molecular weight is 206 g/mol. The Hall–Kier alpha value is 0.210. The minimum atomic E-state index is 0.274. The van der Waals surface area contributed by atoms with Gasteiger partial charge in [0.05, 0.1) is 12.2 Å². The molecule has 0 aliphatic carbocycles. The third-order valence-corrected chi connectivity index (χ3v) is 2.63. The molecule has 1 rings (SSSR count). The molecule has 0 bridgehead atoms. The zero-order valence-electron chi connectivity index (χ0n) is 8.55. The highest BCUT2D eigenvalue weighted by Crippen LogP contribution is 2.18. The first-order valence-corrected chi connectivity index (χ1v) is 5.62. The van der Waals surface area contributed by atoms with Gasteiger partial charge in [-0.1, -0.05) is 0 Å². The molecule has 3 heteroatoms. The van der Waals surface area contributed by atoms with E-state index in [4.69, 9.17) is 16.3 Å². The van der Waals surface area contributed by atoms with Crippen molar-refractivity contribution in [2.24, 2.45) is 0 Å². The van der Waals surface area contributed by atoms with E-state index in [2.05, 4.69) is 12.2 Å². The molecule has 13 heavy (non-hydrogen) atoms. The van der Waals surface area contributed by atoms with Gasteiger partial charge in [0.15, 0.2) is 0 Å². The first-order valence-electron chi connectivity index (χ1n) is 5.18. The van der Waals surface area contributed by atoms with Gasteiger partial charge in [0.2, 0.25) is 0 Å². The summed E-state index contributed by atoms with van der Waals surface area (Å²) in [6, 6.07) is 0. The highest BCUT2D eigenvalue weighted by Gasteiger charge is 2.20. The Morgan fingerprint density at radius 2 is 2.31 bits per heavy atom. The van der Waals surface area contributed by atoms with Crippen molar-refractivity contribution in [2.45, 2.75) is 50.7 Å². The van der Waals surface area contributed by atoms with E-state index in [0.29, 0.717) is 12.2 Å². The monoisotopic (exact) mass is 205 g/mol. The van der Waals surface area contributed by atoms with Crippen molar-refractivity contribution < 1.29 is 4.74 Å². The second-order valence-corrected chi connectivity index (χ2v) is 4.66. The van der Waals surface area contributed by atoms with Crippen LogP contribution in [0.1, 0.15) is 33.1 Å². The summed E-state index contributed by atoms with van der Waals surface area (Å²) in [5.74, 6) is 0. The van der Waals surface area contributed by atoms with Crippen molar-refractivity contribution in [3.05, 3.63) is 0 Å². The number of nitrogens with one attached hydrogen (secondary N) is 1. The summed E-state index contributed by atoms with van der Waals surface area (Å²) in [5, 5.41) is 3.64. The van der Waals surface area contributed by atoms with E-state index in [1.165, 1.54) is 12.8 Å². The number of ether oxygens (including phenoxy) is 1.